The van der Waals surface area contributed by atoms with E-state index in [0.29, 0.717) is 19.4 Å². The van der Waals surface area contributed by atoms with Crippen LogP contribution in [0, 0.1) is 0 Å². The summed E-state index contributed by atoms with van der Waals surface area (Å²) in [7, 11) is 0. The molecule has 0 aromatic rings. The number of carbonyl (C=O) groups excluding carboxylic acids is 2. The molecule has 0 fully saturated rings. The van der Waals surface area contributed by atoms with Gasteiger partial charge in [-0.1, -0.05) is 211 Å². The lowest BCUT2D eigenvalue weighted by Crippen LogP contribution is -2.45. The van der Waals surface area contributed by atoms with Gasteiger partial charge in [0, 0.05) is 12.8 Å². The van der Waals surface area contributed by atoms with Gasteiger partial charge in [-0.05, 0) is 83.5 Å². The SMILES string of the molecule is CCCCCC/C=C\CCCCCCCC(=O)OCCCCCC/C=C\CCCCCCCCCC(=O)NC(CO)C(O)/C=C/CCCCCCCCCCCCCCC. The predicted octanol–water partition coefficient (Wildman–Crippen LogP) is 15.7. The summed E-state index contributed by atoms with van der Waals surface area (Å²) in [6.07, 6.45) is 60.0. The van der Waals surface area contributed by atoms with Crippen LogP contribution in [0.25, 0.3) is 0 Å². The van der Waals surface area contributed by atoms with Gasteiger partial charge in [-0.25, -0.2) is 0 Å². The van der Waals surface area contributed by atoms with Crippen molar-refractivity contribution in [2.24, 2.45) is 0 Å². The molecular formula is C54H101NO5. The van der Waals surface area contributed by atoms with Crippen molar-refractivity contribution in [3.63, 3.8) is 0 Å². The van der Waals surface area contributed by atoms with Crippen molar-refractivity contribution < 1.29 is 24.5 Å². The van der Waals surface area contributed by atoms with Gasteiger partial charge in [0.2, 0.25) is 5.91 Å². The van der Waals surface area contributed by atoms with Gasteiger partial charge in [0.05, 0.1) is 25.4 Å². The molecule has 352 valence electrons. The van der Waals surface area contributed by atoms with E-state index in [4.69, 9.17) is 4.74 Å². The fourth-order valence-corrected chi connectivity index (χ4v) is 7.80. The van der Waals surface area contributed by atoms with E-state index in [2.05, 4.69) is 43.5 Å². The third-order valence-electron chi connectivity index (χ3n) is 11.9. The van der Waals surface area contributed by atoms with E-state index in [9.17, 15) is 19.8 Å². The summed E-state index contributed by atoms with van der Waals surface area (Å²) in [6, 6.07) is -0.639. The summed E-state index contributed by atoms with van der Waals surface area (Å²) in [5.41, 5.74) is 0. The molecule has 0 aromatic heterocycles. The summed E-state index contributed by atoms with van der Waals surface area (Å²) in [5.74, 6) is -0.105. The number of ether oxygens (including phenoxy) is 1. The topological polar surface area (TPSA) is 95.9 Å². The van der Waals surface area contributed by atoms with Crippen LogP contribution < -0.4 is 5.32 Å². The van der Waals surface area contributed by atoms with Crippen molar-refractivity contribution in [2.45, 2.75) is 283 Å². The van der Waals surface area contributed by atoms with E-state index in [-0.39, 0.29) is 18.5 Å². The number of aliphatic hydroxyl groups is 2. The molecule has 6 nitrogen and oxygen atoms in total. The molecule has 0 heterocycles. The first kappa shape index (κ1) is 58.1. The highest BCUT2D eigenvalue weighted by Gasteiger charge is 2.18. The number of aliphatic hydroxyl groups excluding tert-OH is 2. The number of amides is 1. The first-order valence-corrected chi connectivity index (χ1v) is 26.3. The molecular weight excluding hydrogens is 743 g/mol. The number of nitrogens with one attached hydrogen (secondary N) is 1. The summed E-state index contributed by atoms with van der Waals surface area (Å²) < 4.78 is 5.44. The molecule has 0 aromatic carbocycles. The van der Waals surface area contributed by atoms with Gasteiger partial charge in [-0.3, -0.25) is 9.59 Å². The Morgan fingerprint density at radius 3 is 1.20 bits per heavy atom. The Labute approximate surface area is 373 Å². The maximum Gasteiger partial charge on any atom is 0.305 e. The van der Waals surface area contributed by atoms with E-state index in [1.165, 1.54) is 173 Å². The molecule has 0 spiro atoms. The van der Waals surface area contributed by atoms with Crippen molar-refractivity contribution in [1.29, 1.82) is 0 Å². The first-order valence-electron chi connectivity index (χ1n) is 26.3. The number of carbonyl (C=O) groups is 2. The minimum Gasteiger partial charge on any atom is -0.466 e. The monoisotopic (exact) mass is 844 g/mol. The normalized spacial score (nSPS) is 12.9. The van der Waals surface area contributed by atoms with E-state index >= 15 is 0 Å². The van der Waals surface area contributed by atoms with Crippen LogP contribution in [0.4, 0.5) is 0 Å². The second-order valence-electron chi connectivity index (χ2n) is 17.8. The minimum absolute atomic E-state index is 0.0210. The Kier molecular flexibility index (Phi) is 48.1. The minimum atomic E-state index is -0.854. The lowest BCUT2D eigenvalue weighted by atomic mass is 10.0. The molecule has 3 N–H and O–H groups in total. The molecule has 6 heteroatoms. The number of unbranched alkanes of at least 4 members (excludes halogenated alkanes) is 33. The van der Waals surface area contributed by atoms with Crippen LogP contribution in [0.5, 0.6) is 0 Å². The molecule has 0 aliphatic carbocycles. The molecule has 0 saturated heterocycles. The fraction of sp³-hybridized carbons (Fsp3) is 0.852. The summed E-state index contributed by atoms with van der Waals surface area (Å²) in [6.45, 7) is 4.84. The Balaban J connectivity index is 3.52. The molecule has 0 radical (unpaired) electrons. The van der Waals surface area contributed by atoms with Crippen LogP contribution >= 0.6 is 0 Å². The smallest absolute Gasteiger partial charge is 0.305 e. The van der Waals surface area contributed by atoms with Crippen molar-refractivity contribution in [2.75, 3.05) is 13.2 Å². The molecule has 2 atom stereocenters. The molecule has 60 heavy (non-hydrogen) atoms. The summed E-state index contributed by atoms with van der Waals surface area (Å²) in [4.78, 5) is 24.4. The standard InChI is InChI=1S/C54H101NO5/c1-3-5-7-9-11-13-15-17-19-23-26-30-34-38-42-46-52(57)51(50-56)55-53(58)47-43-39-35-31-27-24-20-18-21-25-29-33-37-41-45-49-60-54(59)48-44-40-36-32-28-22-16-14-12-10-8-6-4-2/h14,16,21,25,42,46,51-52,56-57H,3-13,15,17-20,22-24,26-41,43-45,47-50H2,1-2H3,(H,55,58)/b16-14-,25-21-,46-42+. The number of allylic oxidation sites excluding steroid dienone is 5. The van der Waals surface area contributed by atoms with E-state index in [0.717, 1.165) is 70.6 Å². The van der Waals surface area contributed by atoms with Crippen LogP contribution in [0.3, 0.4) is 0 Å². The van der Waals surface area contributed by atoms with Gasteiger partial charge in [0.15, 0.2) is 0 Å². The molecule has 0 aliphatic rings. The van der Waals surface area contributed by atoms with Crippen molar-refractivity contribution in [3.8, 4) is 0 Å². The average Bonchev–Trinajstić information content (AvgIpc) is 3.25. The Hall–Kier alpha value is -1.92. The van der Waals surface area contributed by atoms with Gasteiger partial charge in [0.25, 0.3) is 0 Å². The van der Waals surface area contributed by atoms with E-state index < -0.39 is 12.1 Å². The van der Waals surface area contributed by atoms with Crippen LogP contribution in [-0.4, -0.2) is 47.4 Å². The molecule has 1 amide bonds. The third kappa shape index (κ3) is 45.6. The van der Waals surface area contributed by atoms with Gasteiger partial charge < -0.3 is 20.3 Å². The number of hydrogen-bond acceptors (Lipinski definition) is 5. The van der Waals surface area contributed by atoms with E-state index in [1.807, 2.05) is 6.08 Å². The predicted molar refractivity (Wildman–Crippen MR) is 259 cm³/mol. The fourth-order valence-electron chi connectivity index (χ4n) is 7.80. The Morgan fingerprint density at radius 2 is 0.783 bits per heavy atom. The quantitative estimate of drug-likeness (QED) is 0.0322. The van der Waals surface area contributed by atoms with Crippen molar-refractivity contribution in [3.05, 3.63) is 36.5 Å². The zero-order valence-electron chi connectivity index (χ0n) is 39.9. The Morgan fingerprint density at radius 1 is 0.450 bits per heavy atom. The molecule has 0 aliphatic heterocycles. The first-order chi connectivity index (χ1) is 29.5. The lowest BCUT2D eigenvalue weighted by Gasteiger charge is -2.20. The second kappa shape index (κ2) is 49.7. The Bertz CT molecular complexity index is 977. The van der Waals surface area contributed by atoms with Gasteiger partial charge in [0.1, 0.15) is 0 Å². The molecule has 0 saturated carbocycles. The average molecular weight is 844 g/mol. The van der Waals surface area contributed by atoms with Crippen LogP contribution in [-0.2, 0) is 14.3 Å². The maximum absolute atomic E-state index is 12.4. The van der Waals surface area contributed by atoms with Crippen molar-refractivity contribution >= 4 is 11.9 Å². The molecule has 0 bridgehead atoms. The van der Waals surface area contributed by atoms with Crippen LogP contribution in [0.15, 0.2) is 36.5 Å². The second-order valence-corrected chi connectivity index (χ2v) is 17.8. The third-order valence-corrected chi connectivity index (χ3v) is 11.9. The van der Waals surface area contributed by atoms with Crippen LogP contribution in [0.1, 0.15) is 271 Å². The van der Waals surface area contributed by atoms with Crippen LogP contribution in [0.2, 0.25) is 0 Å². The number of esters is 1. The highest BCUT2D eigenvalue weighted by atomic mass is 16.5. The van der Waals surface area contributed by atoms with Gasteiger partial charge >= 0.3 is 5.97 Å². The van der Waals surface area contributed by atoms with Gasteiger partial charge in [-0.15, -0.1) is 0 Å². The zero-order valence-corrected chi connectivity index (χ0v) is 39.9. The number of hydrogen-bond donors (Lipinski definition) is 3. The summed E-state index contributed by atoms with van der Waals surface area (Å²) >= 11 is 0. The molecule has 0 rings (SSSR count). The van der Waals surface area contributed by atoms with E-state index in [1.54, 1.807) is 6.08 Å². The number of rotatable bonds is 48. The zero-order chi connectivity index (χ0) is 43.7. The van der Waals surface area contributed by atoms with Crippen molar-refractivity contribution in [1.82, 2.24) is 5.32 Å². The van der Waals surface area contributed by atoms with Gasteiger partial charge in [-0.2, -0.15) is 0 Å². The highest BCUT2D eigenvalue weighted by molar-refractivity contribution is 5.76. The molecule has 2 unspecified atom stereocenters. The largest absolute Gasteiger partial charge is 0.466 e. The lowest BCUT2D eigenvalue weighted by molar-refractivity contribution is -0.143. The highest BCUT2D eigenvalue weighted by Crippen LogP contribution is 2.15. The maximum atomic E-state index is 12.4. The summed E-state index contributed by atoms with van der Waals surface area (Å²) in [5, 5.41) is 23.1.